The van der Waals surface area contributed by atoms with Crippen LogP contribution in [0.5, 0.6) is 5.75 Å². The van der Waals surface area contributed by atoms with Crippen LogP contribution in [-0.2, 0) is 0 Å². The molecule has 0 aliphatic heterocycles. The zero-order chi connectivity index (χ0) is 22.7. The van der Waals surface area contributed by atoms with Gasteiger partial charge in [-0.25, -0.2) is 15.0 Å². The molecule has 0 saturated heterocycles. The average molecular weight is 442 g/mol. The number of nitrogens with zero attached hydrogens (tertiary/aromatic N) is 3. The van der Waals surface area contributed by atoms with Gasteiger partial charge in [-0.3, -0.25) is 0 Å². The van der Waals surface area contributed by atoms with Gasteiger partial charge in [0, 0.05) is 28.4 Å². The first-order chi connectivity index (χ1) is 15.4. The number of aromatic nitrogens is 3. The van der Waals surface area contributed by atoms with Gasteiger partial charge in [0.1, 0.15) is 10.8 Å². The molecule has 0 fully saturated rings. The van der Waals surface area contributed by atoms with Crippen LogP contribution < -0.4 is 0 Å². The normalized spacial score (nSPS) is 11.3. The number of pyridine rings is 1. The van der Waals surface area contributed by atoms with Crippen LogP contribution in [0.4, 0.5) is 0 Å². The van der Waals surface area contributed by atoms with Crippen molar-refractivity contribution in [3.8, 4) is 28.4 Å². The average Bonchev–Trinajstić information content (AvgIpc) is 2.80. The summed E-state index contributed by atoms with van der Waals surface area (Å²) in [5.41, 5.74) is 4.54. The molecule has 2 heterocycles. The number of phenolic OH excluding ortho intramolecular Hbond substituents is 1. The van der Waals surface area contributed by atoms with Crippen molar-refractivity contribution in [1.82, 2.24) is 15.0 Å². The van der Waals surface area contributed by atoms with Gasteiger partial charge in [0.25, 0.3) is 0 Å². The Morgan fingerprint density at radius 3 is 2.38 bits per heavy atom. The molecular formula is C27H27N3OS. The van der Waals surface area contributed by atoms with Crippen LogP contribution in [0.1, 0.15) is 50.7 Å². The number of benzene rings is 2. The topological polar surface area (TPSA) is 58.9 Å². The van der Waals surface area contributed by atoms with Gasteiger partial charge >= 0.3 is 0 Å². The quantitative estimate of drug-likeness (QED) is 0.340. The maximum absolute atomic E-state index is 11.0. The van der Waals surface area contributed by atoms with E-state index in [9.17, 15) is 5.11 Å². The molecule has 32 heavy (non-hydrogen) atoms. The zero-order valence-corrected chi connectivity index (χ0v) is 19.6. The highest BCUT2D eigenvalue weighted by molar-refractivity contribution is 7.99. The van der Waals surface area contributed by atoms with Gasteiger partial charge in [-0.1, -0.05) is 63.7 Å². The second kappa shape index (κ2) is 9.53. The summed E-state index contributed by atoms with van der Waals surface area (Å²) >= 11 is 1.60. The molecule has 0 atom stereocenters. The van der Waals surface area contributed by atoms with Crippen molar-refractivity contribution in [1.29, 1.82) is 0 Å². The molecule has 0 unspecified atom stereocenters. The molecule has 0 aliphatic carbocycles. The zero-order valence-electron chi connectivity index (χ0n) is 18.8. The van der Waals surface area contributed by atoms with Crippen LogP contribution in [-0.4, -0.2) is 20.1 Å². The van der Waals surface area contributed by atoms with Gasteiger partial charge in [0.2, 0.25) is 0 Å². The molecule has 1 N–H and O–H groups in total. The molecule has 4 rings (SSSR count). The smallest absolute Gasteiger partial charge is 0.159 e. The highest BCUT2D eigenvalue weighted by atomic mass is 32.2. The van der Waals surface area contributed by atoms with Crippen molar-refractivity contribution >= 4 is 11.8 Å². The summed E-state index contributed by atoms with van der Waals surface area (Å²) in [5.74, 6) is 1.50. The molecule has 0 radical (unpaired) electrons. The van der Waals surface area contributed by atoms with Crippen molar-refractivity contribution in [2.75, 3.05) is 0 Å². The Kier molecular flexibility index (Phi) is 6.56. The van der Waals surface area contributed by atoms with Crippen LogP contribution in [0.25, 0.3) is 22.6 Å². The molecule has 4 aromatic rings. The third-order valence-electron chi connectivity index (χ3n) is 5.33. The highest BCUT2D eigenvalue weighted by Gasteiger charge is 2.17. The minimum absolute atomic E-state index is 0.217. The molecule has 0 bridgehead atoms. The summed E-state index contributed by atoms with van der Waals surface area (Å²) in [6, 6.07) is 20.0. The van der Waals surface area contributed by atoms with Crippen LogP contribution >= 0.6 is 11.8 Å². The summed E-state index contributed by atoms with van der Waals surface area (Å²) in [4.78, 5) is 14.8. The molecular weight excluding hydrogens is 414 g/mol. The van der Waals surface area contributed by atoms with E-state index in [0.29, 0.717) is 17.5 Å². The summed E-state index contributed by atoms with van der Waals surface area (Å²) < 4.78 is 0. The molecule has 5 heteroatoms. The third kappa shape index (κ3) is 4.83. The fraction of sp³-hybridized carbons (Fsp3) is 0.222. The van der Waals surface area contributed by atoms with Crippen molar-refractivity contribution in [3.05, 3.63) is 84.2 Å². The van der Waals surface area contributed by atoms with Crippen LogP contribution in [0.3, 0.4) is 0 Å². The van der Waals surface area contributed by atoms with E-state index in [1.807, 2.05) is 42.5 Å². The lowest BCUT2D eigenvalue weighted by Gasteiger charge is -2.17. The predicted molar refractivity (Wildman–Crippen MR) is 131 cm³/mol. The van der Waals surface area contributed by atoms with Gasteiger partial charge in [0.15, 0.2) is 5.82 Å². The fourth-order valence-corrected chi connectivity index (χ4v) is 4.36. The summed E-state index contributed by atoms with van der Waals surface area (Å²) in [6.45, 7) is 8.52. The van der Waals surface area contributed by atoms with Gasteiger partial charge in [-0.15, -0.1) is 0 Å². The first-order valence-electron chi connectivity index (χ1n) is 10.8. The fourth-order valence-electron chi connectivity index (χ4n) is 3.52. The monoisotopic (exact) mass is 441 g/mol. The van der Waals surface area contributed by atoms with Crippen LogP contribution in [0, 0.1) is 0 Å². The number of rotatable bonds is 6. The molecule has 0 amide bonds. The second-order valence-electron chi connectivity index (χ2n) is 8.38. The Morgan fingerprint density at radius 2 is 1.66 bits per heavy atom. The molecule has 0 aliphatic rings. The van der Waals surface area contributed by atoms with Crippen molar-refractivity contribution in [3.63, 3.8) is 0 Å². The first kappa shape index (κ1) is 22.0. The molecule has 4 nitrogen and oxygen atoms in total. The Morgan fingerprint density at radius 1 is 0.812 bits per heavy atom. The first-order valence-corrected chi connectivity index (χ1v) is 11.6. The molecule has 0 saturated carbocycles. The standard InChI is InChI=1S/C27H27N3OS/c1-17(2)20-15-22(18(3)4)26(31)23(16-20)24-11-13-29-27(30-24)19-8-7-9-21(14-19)32-25-10-5-6-12-28-25/h5-18,31H,1-4H3. The van der Waals surface area contributed by atoms with Crippen molar-refractivity contribution < 1.29 is 5.11 Å². The van der Waals surface area contributed by atoms with E-state index in [-0.39, 0.29) is 5.92 Å². The number of hydrogen-bond acceptors (Lipinski definition) is 5. The maximum Gasteiger partial charge on any atom is 0.159 e. The van der Waals surface area contributed by atoms with E-state index >= 15 is 0 Å². The maximum atomic E-state index is 11.0. The molecule has 2 aromatic heterocycles. The molecule has 2 aromatic carbocycles. The van der Waals surface area contributed by atoms with Gasteiger partial charge < -0.3 is 5.11 Å². The minimum Gasteiger partial charge on any atom is -0.507 e. The number of hydrogen-bond donors (Lipinski definition) is 1. The van der Waals surface area contributed by atoms with E-state index in [4.69, 9.17) is 4.98 Å². The molecule has 0 spiro atoms. The largest absolute Gasteiger partial charge is 0.507 e. The van der Waals surface area contributed by atoms with Gasteiger partial charge in [0.05, 0.1) is 5.69 Å². The van der Waals surface area contributed by atoms with Gasteiger partial charge in [-0.2, -0.15) is 0 Å². The van der Waals surface area contributed by atoms with E-state index in [1.165, 1.54) is 5.56 Å². The van der Waals surface area contributed by atoms with E-state index in [0.717, 1.165) is 32.3 Å². The second-order valence-corrected chi connectivity index (χ2v) is 9.47. The van der Waals surface area contributed by atoms with Crippen LogP contribution in [0.2, 0.25) is 0 Å². The van der Waals surface area contributed by atoms with Crippen molar-refractivity contribution in [2.45, 2.75) is 49.5 Å². The Hall–Kier alpha value is -3.18. The lowest BCUT2D eigenvalue weighted by atomic mass is 9.91. The lowest BCUT2D eigenvalue weighted by molar-refractivity contribution is 0.466. The summed E-state index contributed by atoms with van der Waals surface area (Å²) in [5, 5.41) is 12.0. The lowest BCUT2D eigenvalue weighted by Crippen LogP contribution is -1.98. The van der Waals surface area contributed by atoms with E-state index < -0.39 is 0 Å². The minimum atomic E-state index is 0.217. The number of aromatic hydroxyl groups is 1. The Labute approximate surface area is 193 Å². The SMILES string of the molecule is CC(C)c1cc(-c2ccnc(-c3cccc(Sc4ccccn4)c3)n2)c(O)c(C(C)C)c1. The Bertz CT molecular complexity index is 1220. The predicted octanol–water partition coefficient (Wildman–Crippen LogP) is 7.31. The van der Waals surface area contributed by atoms with Crippen LogP contribution in [0.15, 0.2) is 83.0 Å². The van der Waals surface area contributed by atoms with Gasteiger partial charge in [-0.05, 0) is 59.4 Å². The highest BCUT2D eigenvalue weighted by Crippen LogP contribution is 2.38. The third-order valence-corrected chi connectivity index (χ3v) is 6.27. The van der Waals surface area contributed by atoms with E-state index in [2.05, 4.69) is 55.9 Å². The summed E-state index contributed by atoms with van der Waals surface area (Å²) in [7, 11) is 0. The van der Waals surface area contributed by atoms with Crippen molar-refractivity contribution in [2.24, 2.45) is 0 Å². The Balaban J connectivity index is 1.73. The van der Waals surface area contributed by atoms with E-state index in [1.54, 1.807) is 24.2 Å². The molecule has 162 valence electrons. The summed E-state index contributed by atoms with van der Waals surface area (Å²) in [6.07, 6.45) is 3.55. The number of phenols is 1.